The summed E-state index contributed by atoms with van der Waals surface area (Å²) in [6.07, 6.45) is 1.97. The van der Waals surface area contributed by atoms with Crippen LogP contribution in [0.3, 0.4) is 0 Å². The van der Waals surface area contributed by atoms with Crippen LogP contribution in [0.5, 0.6) is 5.75 Å². The summed E-state index contributed by atoms with van der Waals surface area (Å²) in [5.41, 5.74) is 2.71. The van der Waals surface area contributed by atoms with Gasteiger partial charge in [0.2, 0.25) is 0 Å². The lowest BCUT2D eigenvalue weighted by Crippen LogP contribution is -2.25. The highest BCUT2D eigenvalue weighted by Gasteiger charge is 2.15. The Labute approximate surface area is 260 Å². The number of hydrogen-bond donors (Lipinski definition) is 2. The van der Waals surface area contributed by atoms with E-state index in [4.69, 9.17) is 4.74 Å². The molecule has 0 aliphatic rings. The maximum absolute atomic E-state index is 15.2. The first kappa shape index (κ1) is 30.9. The number of aromatic nitrogens is 3. The van der Waals surface area contributed by atoms with Gasteiger partial charge in [0.05, 0.1) is 26.4 Å². The van der Waals surface area contributed by atoms with Gasteiger partial charge in [-0.05, 0) is 57.9 Å². The molecule has 0 saturated heterocycles. The molecule has 5 aromatic rings. The third-order valence-corrected chi connectivity index (χ3v) is 9.81. The first-order valence-corrected chi connectivity index (χ1v) is 16.9. The van der Waals surface area contributed by atoms with E-state index in [2.05, 4.69) is 41.5 Å². The molecule has 224 valence electrons. The van der Waals surface area contributed by atoms with Crippen LogP contribution in [-0.2, 0) is 22.9 Å². The van der Waals surface area contributed by atoms with Crippen LogP contribution in [0.4, 0.5) is 20.3 Å². The van der Waals surface area contributed by atoms with Crippen LogP contribution in [0.2, 0.25) is 0 Å². The lowest BCUT2D eigenvalue weighted by molar-refractivity contribution is 0.303. The van der Waals surface area contributed by atoms with Crippen molar-refractivity contribution in [3.8, 4) is 17.0 Å². The number of halogens is 3. The van der Waals surface area contributed by atoms with Crippen LogP contribution in [-0.4, -0.2) is 48.0 Å². The van der Waals surface area contributed by atoms with Gasteiger partial charge in [0.25, 0.3) is 0 Å². The molecular formula is C30H28BrF2N5O3S2. The van der Waals surface area contributed by atoms with Crippen LogP contribution in [0, 0.1) is 11.6 Å². The number of nitrogens with zero attached hydrogens (tertiary/aromatic N) is 3. The van der Waals surface area contributed by atoms with Crippen molar-refractivity contribution < 1.29 is 21.9 Å². The van der Waals surface area contributed by atoms with E-state index in [0.717, 1.165) is 5.01 Å². The minimum absolute atomic E-state index is 0.0960. The van der Waals surface area contributed by atoms with Gasteiger partial charge in [0.1, 0.15) is 36.1 Å². The van der Waals surface area contributed by atoms with Crippen molar-refractivity contribution in [2.75, 3.05) is 29.9 Å². The SMILES string of the molecule is CCS(=O)(=O)CCNCCc1nc(-c2cc3c(Nc4ccc(OCc5cccc(F)c5)c(Br)c4)ncnc3cc2F)cs1. The summed E-state index contributed by atoms with van der Waals surface area (Å²) in [5.74, 6) is 0.544. The molecule has 0 atom stereocenters. The summed E-state index contributed by atoms with van der Waals surface area (Å²) >= 11 is 4.95. The number of ether oxygens (including phenoxy) is 1. The van der Waals surface area contributed by atoms with Crippen molar-refractivity contribution in [3.05, 3.63) is 93.0 Å². The summed E-state index contributed by atoms with van der Waals surface area (Å²) in [6, 6.07) is 14.7. The summed E-state index contributed by atoms with van der Waals surface area (Å²) < 4.78 is 58.4. The minimum atomic E-state index is -3.01. The smallest absolute Gasteiger partial charge is 0.151 e. The van der Waals surface area contributed by atoms with E-state index < -0.39 is 15.7 Å². The van der Waals surface area contributed by atoms with Gasteiger partial charge < -0.3 is 15.4 Å². The Morgan fingerprint density at radius 3 is 2.70 bits per heavy atom. The molecule has 43 heavy (non-hydrogen) atoms. The molecule has 3 aromatic carbocycles. The number of fused-ring (bicyclic) bond motifs is 1. The van der Waals surface area contributed by atoms with Crippen molar-refractivity contribution in [3.63, 3.8) is 0 Å². The Kier molecular flexibility index (Phi) is 9.96. The molecule has 8 nitrogen and oxygen atoms in total. The van der Waals surface area contributed by atoms with Crippen LogP contribution in [0.1, 0.15) is 17.5 Å². The molecule has 5 rings (SSSR count). The Morgan fingerprint density at radius 2 is 1.91 bits per heavy atom. The summed E-state index contributed by atoms with van der Waals surface area (Å²) in [6.45, 7) is 2.80. The average molecular weight is 689 g/mol. The highest BCUT2D eigenvalue weighted by Crippen LogP contribution is 2.34. The number of anilines is 2. The fourth-order valence-corrected chi connectivity index (χ4v) is 6.27. The van der Waals surface area contributed by atoms with Crippen molar-refractivity contribution in [2.45, 2.75) is 20.0 Å². The molecule has 0 radical (unpaired) electrons. The van der Waals surface area contributed by atoms with Gasteiger partial charge in [-0.1, -0.05) is 19.1 Å². The topological polar surface area (TPSA) is 106 Å². The second-order valence-corrected chi connectivity index (χ2v) is 13.9. The van der Waals surface area contributed by atoms with Gasteiger partial charge in [-0.2, -0.15) is 0 Å². The summed E-state index contributed by atoms with van der Waals surface area (Å²) in [7, 11) is -3.01. The molecule has 0 spiro atoms. The standard InChI is InChI=1S/C30H28BrF2N5O3S2/c1-2-43(39,40)11-10-34-9-8-29-38-27(17-42-29)22-14-23-26(15-25(22)33)35-18-36-30(23)37-21-6-7-28(24(31)13-21)41-16-19-4-3-5-20(32)12-19/h3-7,12-15,17-18,34H,2,8-11,16H2,1H3,(H,35,36,37). The molecule has 2 N–H and O–H groups in total. The molecule has 0 unspecified atom stereocenters. The fourth-order valence-electron chi connectivity index (χ4n) is 4.24. The van der Waals surface area contributed by atoms with E-state index in [9.17, 15) is 12.8 Å². The van der Waals surface area contributed by atoms with Gasteiger partial charge >= 0.3 is 0 Å². The molecule has 0 aliphatic heterocycles. The molecule has 2 aromatic heterocycles. The second-order valence-electron chi connectivity index (χ2n) is 9.62. The van der Waals surface area contributed by atoms with Gasteiger partial charge in [0, 0.05) is 53.3 Å². The van der Waals surface area contributed by atoms with E-state index in [1.165, 1.54) is 35.9 Å². The monoisotopic (exact) mass is 687 g/mol. The predicted octanol–water partition coefficient (Wildman–Crippen LogP) is 6.68. The van der Waals surface area contributed by atoms with Gasteiger partial charge in [-0.15, -0.1) is 11.3 Å². The Bertz CT molecular complexity index is 1850. The lowest BCUT2D eigenvalue weighted by Gasteiger charge is -2.13. The fraction of sp³-hybridized carbons (Fsp3) is 0.233. The molecular weight excluding hydrogens is 660 g/mol. The number of sulfone groups is 1. The first-order valence-electron chi connectivity index (χ1n) is 13.4. The van der Waals surface area contributed by atoms with E-state index in [-0.39, 0.29) is 23.9 Å². The number of nitrogens with one attached hydrogen (secondary N) is 2. The van der Waals surface area contributed by atoms with Gasteiger partial charge in [-0.25, -0.2) is 32.2 Å². The van der Waals surface area contributed by atoms with E-state index in [1.807, 2.05) is 12.1 Å². The second kappa shape index (κ2) is 13.8. The van der Waals surface area contributed by atoms with Crippen molar-refractivity contribution in [1.29, 1.82) is 0 Å². The quantitative estimate of drug-likeness (QED) is 0.132. The maximum Gasteiger partial charge on any atom is 0.151 e. The third-order valence-electron chi connectivity index (χ3n) is 6.58. The maximum atomic E-state index is 15.2. The highest BCUT2D eigenvalue weighted by atomic mass is 79.9. The predicted molar refractivity (Wildman–Crippen MR) is 170 cm³/mol. The van der Waals surface area contributed by atoms with E-state index in [0.29, 0.717) is 69.0 Å². The zero-order valence-electron chi connectivity index (χ0n) is 23.1. The number of thiazole rings is 1. The zero-order valence-corrected chi connectivity index (χ0v) is 26.3. The lowest BCUT2D eigenvalue weighted by atomic mass is 10.1. The van der Waals surface area contributed by atoms with Crippen LogP contribution < -0.4 is 15.4 Å². The number of hydrogen-bond acceptors (Lipinski definition) is 9. The van der Waals surface area contributed by atoms with Crippen molar-refractivity contribution in [2.24, 2.45) is 0 Å². The molecule has 0 amide bonds. The summed E-state index contributed by atoms with van der Waals surface area (Å²) in [5, 5.41) is 9.64. The van der Waals surface area contributed by atoms with Crippen LogP contribution in [0.15, 0.2) is 70.8 Å². The normalized spacial score (nSPS) is 11.6. The third kappa shape index (κ3) is 8.11. The zero-order chi connectivity index (χ0) is 30.4. The largest absolute Gasteiger partial charge is 0.488 e. The molecule has 2 heterocycles. The van der Waals surface area contributed by atoms with E-state index in [1.54, 1.807) is 36.6 Å². The van der Waals surface area contributed by atoms with Gasteiger partial charge in [-0.3, -0.25) is 0 Å². The average Bonchev–Trinajstić information content (AvgIpc) is 3.45. The Morgan fingerprint density at radius 1 is 1.05 bits per heavy atom. The van der Waals surface area contributed by atoms with Gasteiger partial charge in [0.15, 0.2) is 9.84 Å². The summed E-state index contributed by atoms with van der Waals surface area (Å²) in [4.78, 5) is 13.2. The minimum Gasteiger partial charge on any atom is -0.488 e. The first-order chi connectivity index (χ1) is 20.7. The number of rotatable bonds is 13. The Hall–Kier alpha value is -3.52. The van der Waals surface area contributed by atoms with Crippen molar-refractivity contribution in [1.82, 2.24) is 20.3 Å². The molecule has 0 saturated carbocycles. The van der Waals surface area contributed by atoms with E-state index >= 15 is 4.39 Å². The highest BCUT2D eigenvalue weighted by molar-refractivity contribution is 9.10. The van der Waals surface area contributed by atoms with Crippen LogP contribution in [0.25, 0.3) is 22.2 Å². The Balaban J connectivity index is 1.28. The van der Waals surface area contributed by atoms with Crippen molar-refractivity contribution >= 4 is 59.5 Å². The molecule has 0 bridgehead atoms. The molecule has 0 fully saturated rings. The number of benzene rings is 3. The molecule has 0 aliphatic carbocycles. The molecule has 13 heteroatoms. The van der Waals surface area contributed by atoms with Crippen LogP contribution >= 0.6 is 27.3 Å².